The minimum atomic E-state index is -1.17. The average molecular weight is 481 g/mol. The van der Waals surface area contributed by atoms with Crippen molar-refractivity contribution in [1.29, 1.82) is 0 Å². The summed E-state index contributed by atoms with van der Waals surface area (Å²) in [6.07, 6.45) is -0.540. The van der Waals surface area contributed by atoms with Gasteiger partial charge in [0.1, 0.15) is 11.2 Å². The number of hydrogen-bond donors (Lipinski definition) is 0. The Bertz CT molecular complexity index is 853. The van der Waals surface area contributed by atoms with Gasteiger partial charge in [0.25, 0.3) is 0 Å². The minimum absolute atomic E-state index is 0.0102. The van der Waals surface area contributed by atoms with Gasteiger partial charge in [0.2, 0.25) is 0 Å². The molecule has 0 saturated heterocycles. The summed E-state index contributed by atoms with van der Waals surface area (Å²) < 4.78 is 20.8. The second kappa shape index (κ2) is 11.8. The third-order valence-electron chi connectivity index (χ3n) is 4.05. The van der Waals surface area contributed by atoms with Crippen LogP contribution in [0.5, 0.6) is 0 Å². The fourth-order valence-corrected chi connectivity index (χ4v) is 2.82. The maximum Gasteiger partial charge on any atom is 0.425 e. The zero-order valence-electron chi connectivity index (χ0n) is 21.5. The second-order valence-corrected chi connectivity index (χ2v) is 9.54. The molecule has 0 fully saturated rings. The highest BCUT2D eigenvalue weighted by Gasteiger charge is 2.35. The molecular weight excluding hydrogens is 444 g/mol. The van der Waals surface area contributed by atoms with Crippen molar-refractivity contribution in [1.82, 2.24) is 4.98 Å². The summed E-state index contributed by atoms with van der Waals surface area (Å²) in [5, 5.41) is 0. The van der Waals surface area contributed by atoms with Crippen LogP contribution in [0.15, 0.2) is 12.3 Å². The van der Waals surface area contributed by atoms with E-state index in [0.29, 0.717) is 11.1 Å². The lowest BCUT2D eigenvalue weighted by molar-refractivity contribution is -0.161. The van der Waals surface area contributed by atoms with Gasteiger partial charge in [-0.3, -0.25) is 9.59 Å². The number of rotatable bonds is 7. The molecule has 10 heteroatoms. The van der Waals surface area contributed by atoms with Gasteiger partial charge in [-0.1, -0.05) is 6.07 Å². The van der Waals surface area contributed by atoms with Gasteiger partial charge in [-0.25, -0.2) is 14.6 Å². The summed E-state index contributed by atoms with van der Waals surface area (Å²) in [5.74, 6) is -2.56. The third-order valence-corrected chi connectivity index (χ3v) is 4.05. The largest absolute Gasteiger partial charge is 0.465 e. The van der Waals surface area contributed by atoms with Crippen LogP contribution in [0, 0.1) is 12.8 Å². The number of nitrogens with zero attached hydrogens (tertiary/aromatic N) is 2. The Morgan fingerprint density at radius 2 is 1.32 bits per heavy atom. The van der Waals surface area contributed by atoms with Gasteiger partial charge < -0.3 is 18.9 Å². The van der Waals surface area contributed by atoms with Crippen LogP contribution in [0.1, 0.15) is 66.5 Å². The van der Waals surface area contributed by atoms with E-state index in [1.165, 1.54) is 6.20 Å². The first-order chi connectivity index (χ1) is 15.6. The van der Waals surface area contributed by atoms with Crippen molar-refractivity contribution in [2.75, 3.05) is 18.1 Å². The number of ether oxygens (including phenoxy) is 4. The predicted octanol–water partition coefficient (Wildman–Crippen LogP) is 4.35. The molecule has 0 aromatic carbocycles. The van der Waals surface area contributed by atoms with Crippen molar-refractivity contribution in [3.05, 3.63) is 23.4 Å². The first-order valence-electron chi connectivity index (χ1n) is 11.1. The highest BCUT2D eigenvalue weighted by atomic mass is 16.6. The van der Waals surface area contributed by atoms with Gasteiger partial charge in [-0.15, -0.1) is 0 Å². The van der Waals surface area contributed by atoms with Gasteiger partial charge >= 0.3 is 24.1 Å². The third kappa shape index (κ3) is 8.99. The standard InChI is InChI=1S/C24H36N2O8/c1-10-31-19(27)17(20(28)32-11-2)13-16-12-15(3)18(25-14-16)26(21(29)33-23(4,5)6)22(30)34-24(7,8)9/h12,14,17H,10-11,13H2,1-9H3. The molecule has 0 unspecified atom stereocenters. The monoisotopic (exact) mass is 480 g/mol. The maximum atomic E-state index is 12.9. The van der Waals surface area contributed by atoms with Crippen molar-refractivity contribution < 1.29 is 38.1 Å². The number of esters is 2. The minimum Gasteiger partial charge on any atom is -0.465 e. The van der Waals surface area contributed by atoms with Crippen LogP contribution in [0.3, 0.4) is 0 Å². The molecule has 0 atom stereocenters. The lowest BCUT2D eigenvalue weighted by atomic mass is 9.99. The molecule has 0 aliphatic heterocycles. The Balaban J connectivity index is 3.34. The molecule has 2 amide bonds. The summed E-state index contributed by atoms with van der Waals surface area (Å²) in [7, 11) is 0. The van der Waals surface area contributed by atoms with Crippen LogP contribution in [0.2, 0.25) is 0 Å². The van der Waals surface area contributed by atoms with Crippen molar-refractivity contribution in [2.45, 2.75) is 79.9 Å². The van der Waals surface area contributed by atoms with Crippen LogP contribution < -0.4 is 4.90 Å². The number of imide groups is 1. The molecule has 1 aromatic heterocycles. The van der Waals surface area contributed by atoms with Gasteiger partial charge in [0, 0.05) is 6.20 Å². The van der Waals surface area contributed by atoms with Crippen LogP contribution in [0.25, 0.3) is 0 Å². The highest BCUT2D eigenvalue weighted by Crippen LogP contribution is 2.25. The van der Waals surface area contributed by atoms with E-state index in [1.807, 2.05) is 0 Å². The molecule has 10 nitrogen and oxygen atoms in total. The molecule has 1 aromatic rings. The molecule has 0 saturated carbocycles. The smallest absolute Gasteiger partial charge is 0.425 e. The molecule has 1 heterocycles. The van der Waals surface area contributed by atoms with Crippen molar-refractivity contribution in [3.8, 4) is 0 Å². The zero-order valence-corrected chi connectivity index (χ0v) is 21.5. The van der Waals surface area contributed by atoms with Crippen molar-refractivity contribution in [3.63, 3.8) is 0 Å². The lowest BCUT2D eigenvalue weighted by Gasteiger charge is -2.28. The number of anilines is 1. The van der Waals surface area contributed by atoms with E-state index in [0.717, 1.165) is 4.90 Å². The quantitative estimate of drug-likeness (QED) is 0.318. The summed E-state index contributed by atoms with van der Waals surface area (Å²) in [6.45, 7) is 15.2. The number of amides is 2. The number of hydrogen-bond acceptors (Lipinski definition) is 9. The summed E-state index contributed by atoms with van der Waals surface area (Å²) in [5.41, 5.74) is -0.781. The number of carbonyl (C=O) groups is 4. The van der Waals surface area contributed by atoms with Crippen LogP contribution >= 0.6 is 0 Å². The van der Waals surface area contributed by atoms with Gasteiger partial charge in [0.15, 0.2) is 11.7 Å². The Morgan fingerprint density at radius 3 is 1.68 bits per heavy atom. The molecule has 1 rings (SSSR count). The summed E-state index contributed by atoms with van der Waals surface area (Å²) in [6, 6.07) is 1.62. The Kier molecular flexibility index (Phi) is 10.0. The number of pyridine rings is 1. The fourth-order valence-electron chi connectivity index (χ4n) is 2.82. The number of carbonyl (C=O) groups excluding carboxylic acids is 4. The lowest BCUT2D eigenvalue weighted by Crippen LogP contribution is -2.44. The summed E-state index contributed by atoms with van der Waals surface area (Å²) in [4.78, 5) is 55.3. The van der Waals surface area contributed by atoms with E-state index < -0.39 is 41.2 Å². The topological polar surface area (TPSA) is 121 Å². The van der Waals surface area contributed by atoms with Crippen LogP contribution in [-0.2, 0) is 35.0 Å². The Hall–Kier alpha value is -3.17. The van der Waals surface area contributed by atoms with Gasteiger partial charge in [-0.2, -0.15) is 4.90 Å². The van der Waals surface area contributed by atoms with E-state index in [1.54, 1.807) is 68.4 Å². The van der Waals surface area contributed by atoms with Gasteiger partial charge in [0.05, 0.1) is 13.2 Å². The molecule has 0 aliphatic rings. The van der Waals surface area contributed by atoms with Gasteiger partial charge in [-0.05, 0) is 79.9 Å². The first-order valence-corrected chi connectivity index (χ1v) is 11.1. The van der Waals surface area contributed by atoms with E-state index in [-0.39, 0.29) is 25.5 Å². The summed E-state index contributed by atoms with van der Waals surface area (Å²) >= 11 is 0. The van der Waals surface area contributed by atoms with Crippen LogP contribution in [-0.4, -0.2) is 53.5 Å². The Labute approximate surface area is 200 Å². The number of aromatic nitrogens is 1. The van der Waals surface area contributed by atoms with Crippen molar-refractivity contribution in [2.24, 2.45) is 5.92 Å². The molecule has 0 aliphatic carbocycles. The fraction of sp³-hybridized carbons (Fsp3) is 0.625. The van der Waals surface area contributed by atoms with Crippen molar-refractivity contribution >= 4 is 29.9 Å². The molecule has 190 valence electrons. The SMILES string of the molecule is CCOC(=O)C(Cc1cnc(N(C(=O)OC(C)(C)C)C(=O)OC(C)(C)C)c(C)c1)C(=O)OCC. The second-order valence-electron chi connectivity index (χ2n) is 9.54. The van der Waals surface area contributed by atoms with E-state index in [9.17, 15) is 19.2 Å². The molecule has 0 radical (unpaired) electrons. The molecule has 0 N–H and O–H groups in total. The average Bonchev–Trinajstić information content (AvgIpc) is 2.65. The number of aryl methyl sites for hydroxylation is 1. The first kappa shape index (κ1) is 28.9. The highest BCUT2D eigenvalue weighted by molar-refractivity contribution is 6.09. The van der Waals surface area contributed by atoms with E-state index in [2.05, 4.69) is 4.98 Å². The molecule has 34 heavy (non-hydrogen) atoms. The van der Waals surface area contributed by atoms with E-state index >= 15 is 0 Å². The zero-order chi connectivity index (χ0) is 26.3. The molecule has 0 spiro atoms. The normalized spacial score (nSPS) is 11.6. The predicted molar refractivity (Wildman–Crippen MR) is 124 cm³/mol. The Morgan fingerprint density at radius 1 is 0.882 bits per heavy atom. The molecule has 0 bridgehead atoms. The maximum absolute atomic E-state index is 12.9. The van der Waals surface area contributed by atoms with Crippen LogP contribution in [0.4, 0.5) is 15.4 Å². The molecular formula is C24H36N2O8. The van der Waals surface area contributed by atoms with E-state index in [4.69, 9.17) is 18.9 Å².